The highest BCUT2D eigenvalue weighted by atomic mass is 35.5. The molecule has 654 valence electrons. The van der Waals surface area contributed by atoms with E-state index in [-0.39, 0.29) is 131 Å². The minimum atomic E-state index is -3.24. The minimum Gasteiger partial charge on any atom is -0.507 e. The summed E-state index contributed by atoms with van der Waals surface area (Å²) in [7, 11) is 0. The van der Waals surface area contributed by atoms with Crippen LogP contribution in [-0.4, -0.2) is 183 Å². The second-order valence-electron chi connectivity index (χ2n) is 32.0. The Morgan fingerprint density at radius 2 is 0.881 bits per heavy atom. The summed E-state index contributed by atoms with van der Waals surface area (Å²) in [4.78, 5) is 135. The van der Waals surface area contributed by atoms with Crippen LogP contribution in [0.25, 0.3) is 83.9 Å². The molecule has 2 N–H and O–H groups in total. The van der Waals surface area contributed by atoms with E-state index in [1.807, 2.05) is 83.9 Å². The molecular formula is C91H91Cl3F5N19O8. The van der Waals surface area contributed by atoms with Crippen molar-refractivity contribution >= 4 is 103 Å². The van der Waals surface area contributed by atoms with Crippen molar-refractivity contribution in [2.45, 2.75) is 132 Å². The molecule has 3 aliphatic heterocycles. The lowest BCUT2D eigenvalue weighted by Crippen LogP contribution is -2.54. The number of aryl methyl sites for hydroxylation is 3. The van der Waals surface area contributed by atoms with Crippen molar-refractivity contribution in [2.24, 2.45) is 0 Å². The summed E-state index contributed by atoms with van der Waals surface area (Å²) in [5, 5.41) is 22.5. The molecule has 3 saturated heterocycles. The Morgan fingerprint density at radius 3 is 1.29 bits per heavy atom. The van der Waals surface area contributed by atoms with E-state index in [9.17, 15) is 52.2 Å². The first-order chi connectivity index (χ1) is 59.8. The number of rotatable bonds is 16. The highest BCUT2D eigenvalue weighted by Gasteiger charge is 2.37. The van der Waals surface area contributed by atoms with Crippen LogP contribution in [0.5, 0.6) is 11.5 Å². The number of nitrogens with zero attached hydrogens (tertiary/aromatic N) is 19. The number of fused-ring (bicyclic) bond motifs is 3. The normalized spacial score (nSPS) is 15.6. The molecule has 9 aromatic heterocycles. The number of phenols is 2. The third kappa shape index (κ3) is 17.7. The highest BCUT2D eigenvalue weighted by molar-refractivity contribution is 6.35. The van der Waals surface area contributed by atoms with E-state index < -0.39 is 46.0 Å². The van der Waals surface area contributed by atoms with Crippen LogP contribution >= 0.6 is 34.8 Å². The molecule has 3 atom stereocenters. The lowest BCUT2D eigenvalue weighted by Gasteiger charge is -2.40. The number of piperazine rings is 3. The number of aromatic hydroxyl groups is 2. The van der Waals surface area contributed by atoms with Gasteiger partial charge in [0.25, 0.3) is 5.92 Å². The molecule has 3 amide bonds. The Bertz CT molecular complexity index is 6560. The van der Waals surface area contributed by atoms with Crippen LogP contribution in [-0.2, 0) is 20.3 Å². The molecule has 3 aromatic carbocycles. The molecule has 3 aliphatic rings. The fourth-order valence-electron chi connectivity index (χ4n) is 16.2. The number of alkyl halides is 2. The number of pyridine rings is 5. The van der Waals surface area contributed by atoms with Crippen molar-refractivity contribution in [1.29, 1.82) is 0 Å². The van der Waals surface area contributed by atoms with Gasteiger partial charge in [-0.3, -0.25) is 24.4 Å². The molecule has 15 rings (SSSR count). The molecule has 35 heteroatoms. The van der Waals surface area contributed by atoms with Gasteiger partial charge in [-0.05, 0) is 156 Å². The molecule has 12 aromatic rings. The monoisotopic (exact) mass is 1780 g/mol. The summed E-state index contributed by atoms with van der Waals surface area (Å²) >= 11 is 20.1. The largest absolute Gasteiger partial charge is 0.507 e. The predicted molar refractivity (Wildman–Crippen MR) is 478 cm³/mol. The van der Waals surface area contributed by atoms with Gasteiger partial charge >= 0.3 is 17.1 Å². The average Bonchev–Trinajstić information content (AvgIpc) is 0.737. The fourth-order valence-corrected chi connectivity index (χ4v) is 16.9. The second-order valence-corrected chi connectivity index (χ2v) is 33.2. The summed E-state index contributed by atoms with van der Waals surface area (Å²) in [6.45, 7) is 37.8. The zero-order valence-corrected chi connectivity index (χ0v) is 73.6. The van der Waals surface area contributed by atoms with Gasteiger partial charge in [-0.2, -0.15) is 15.0 Å². The molecular weight excluding hydrogens is 1690 g/mol. The number of anilines is 3. The van der Waals surface area contributed by atoms with Gasteiger partial charge in [-0.1, -0.05) is 114 Å². The van der Waals surface area contributed by atoms with E-state index in [0.29, 0.717) is 138 Å². The number of carbonyl (C=O) groups is 3. The Labute approximate surface area is 736 Å². The van der Waals surface area contributed by atoms with Crippen molar-refractivity contribution in [2.75, 3.05) is 73.6 Å². The van der Waals surface area contributed by atoms with Gasteiger partial charge in [0.05, 0.1) is 99.3 Å². The van der Waals surface area contributed by atoms with Gasteiger partial charge in [0.1, 0.15) is 52.2 Å². The average molecular weight is 1780 g/mol. The minimum absolute atomic E-state index is 0.0127. The van der Waals surface area contributed by atoms with Crippen molar-refractivity contribution in [3.8, 4) is 62.3 Å². The Morgan fingerprint density at radius 1 is 0.476 bits per heavy atom. The quantitative estimate of drug-likeness (QED) is 0.0670. The first-order valence-electron chi connectivity index (χ1n) is 40.6. The maximum atomic E-state index is 15.2. The number of phenolic OH excluding ortho intramolecular Hbond substituents is 2. The number of hydrogen-bond donors (Lipinski definition) is 2. The van der Waals surface area contributed by atoms with Crippen LogP contribution in [0.3, 0.4) is 0 Å². The third-order valence-corrected chi connectivity index (χ3v) is 23.1. The number of benzene rings is 3. The lowest BCUT2D eigenvalue weighted by atomic mass is 10.0. The van der Waals surface area contributed by atoms with E-state index in [4.69, 9.17) is 49.8 Å². The second kappa shape index (κ2) is 36.7. The number of amides is 3. The molecule has 12 heterocycles. The van der Waals surface area contributed by atoms with Crippen LogP contribution in [0.2, 0.25) is 15.1 Å². The molecule has 27 nitrogen and oxygen atoms in total. The number of halogens is 8. The number of hydrogen-bond acceptors (Lipinski definition) is 21. The van der Waals surface area contributed by atoms with E-state index in [1.165, 1.54) is 74.4 Å². The van der Waals surface area contributed by atoms with Crippen molar-refractivity contribution < 1.29 is 46.5 Å². The predicted octanol–water partition coefficient (Wildman–Crippen LogP) is 15.8. The first-order valence-corrected chi connectivity index (χ1v) is 41.7. The van der Waals surface area contributed by atoms with Crippen LogP contribution < -0.4 is 31.8 Å². The smallest absolute Gasteiger partial charge is 0.355 e. The van der Waals surface area contributed by atoms with E-state index in [2.05, 4.69) is 54.6 Å². The van der Waals surface area contributed by atoms with E-state index >= 15 is 8.78 Å². The molecule has 3 fully saturated rings. The Kier molecular flexibility index (Phi) is 26.4. The zero-order valence-electron chi connectivity index (χ0n) is 71.4. The van der Waals surface area contributed by atoms with Crippen LogP contribution in [0.4, 0.5) is 39.4 Å². The van der Waals surface area contributed by atoms with Gasteiger partial charge < -0.3 is 39.6 Å². The molecule has 0 spiro atoms. The van der Waals surface area contributed by atoms with Crippen LogP contribution in [0, 0.1) is 38.2 Å². The molecule has 126 heavy (non-hydrogen) atoms. The van der Waals surface area contributed by atoms with E-state index in [0.717, 1.165) is 30.7 Å². The summed E-state index contributed by atoms with van der Waals surface area (Å²) in [5.41, 5.74) is 1.95. The van der Waals surface area contributed by atoms with Crippen LogP contribution in [0.15, 0.2) is 156 Å². The lowest BCUT2D eigenvalue weighted by molar-refractivity contribution is -0.127. The molecule has 0 saturated carbocycles. The van der Waals surface area contributed by atoms with Gasteiger partial charge in [-0.25, -0.2) is 75.0 Å². The molecule has 0 aliphatic carbocycles. The fraction of sp³-hybridized carbons (Fsp3) is 0.319. The van der Waals surface area contributed by atoms with E-state index in [1.54, 1.807) is 71.3 Å². The van der Waals surface area contributed by atoms with Gasteiger partial charge in [0, 0.05) is 107 Å². The SMILES string of the molecule is C=CC(=O)N1CCN(c2nc(=O)n(-c3c(C)ccnc3C(C)C)c3nc(-c4cc(C(C)(F)F)ccc4F)c(Cl)cc23)[C@@H](C)C1.C=CC(=O)N1CCN(c2nc(=O)n(-c3c(C)nc(C)nc3C(C)C)c3nc(-c4c(O)cccc4F)c(Cl)cc23)[C@@H](C)C1.C=CC(=O)N1CCN(c2nc(=O)n(-c3cccnc3C(C)C)c3nc(-c4c(O)cccc4F)c(Cl)cc23)[C@@H](C)C1. The zero-order chi connectivity index (χ0) is 91.3. The topological polar surface area (TPSA) is 306 Å². The summed E-state index contributed by atoms with van der Waals surface area (Å²) in [5.74, 6) is -5.37. The number of aromatic nitrogens is 13. The molecule has 0 unspecified atom stereocenters. The van der Waals surface area contributed by atoms with Gasteiger partial charge in [0.15, 0.2) is 16.9 Å². The summed E-state index contributed by atoms with van der Waals surface area (Å²) in [6, 6.07) is 20.1. The number of carbonyl (C=O) groups excluding carboxylic acids is 3. The first kappa shape index (κ1) is 90.8. The molecule has 0 radical (unpaired) electrons. The van der Waals surface area contributed by atoms with Crippen molar-refractivity contribution in [3.05, 3.63) is 245 Å². The Hall–Kier alpha value is -12.9. The Balaban J connectivity index is 0.000000162. The third-order valence-electron chi connectivity index (χ3n) is 22.2. The van der Waals surface area contributed by atoms with Crippen molar-refractivity contribution in [3.63, 3.8) is 0 Å². The van der Waals surface area contributed by atoms with Gasteiger partial charge in [-0.15, -0.1) is 0 Å². The summed E-state index contributed by atoms with van der Waals surface area (Å²) in [6.07, 6.45) is 7.11. The van der Waals surface area contributed by atoms with Crippen molar-refractivity contribution in [1.82, 2.24) is 78.2 Å². The molecule has 0 bridgehead atoms. The van der Waals surface area contributed by atoms with Crippen LogP contribution in [0.1, 0.15) is 127 Å². The van der Waals surface area contributed by atoms with Gasteiger partial charge in [0.2, 0.25) is 17.7 Å². The standard InChI is InChI=1S/C32H32ClF3N6O2.C30H31ClFN7O3.C29H28ClFN6O3/c1-7-25(43)40-12-13-41(19(5)16-40)29-22-15-23(33)27(21-14-20(32(6,35)36)8-9-24(21)34)38-30(22)42(31(44)39-29)28-18(4)10-11-37-26(28)17(2)3;1-7-23(41)37-11-12-38(16(4)14-37)28-19-13-20(31)26(24-21(32)9-8-10-22(24)40)35-29(19)39(30(42)36-28)27-17(5)33-18(6)34-25(27)15(2)3;1-5-23(39)35-12-13-36(17(4)15-35)27-18-14-19(30)26(24-20(31)8-6-10-22(24)38)33-28(18)37(29(40)34-27)21-9-7-11-32-25(21)16(2)3/h7-11,14-15,17,19H,1,12-13,16H2,2-6H3;7-10,13,15-16,40H,1,11-12,14H2,2-6H3;5-11,14,16-17,38H,1,12-13,15H2,2-4H3/t19-;16-;17-/m000/s1. The maximum Gasteiger partial charge on any atom is 0.355 e. The maximum absolute atomic E-state index is 15.2. The summed E-state index contributed by atoms with van der Waals surface area (Å²) < 4.78 is 77.8. The highest BCUT2D eigenvalue weighted by Crippen LogP contribution is 2.44.